The molecule has 3 N–H and O–H groups in total. The van der Waals surface area contributed by atoms with Crippen molar-refractivity contribution in [1.82, 2.24) is 5.32 Å². The van der Waals surface area contributed by atoms with Crippen molar-refractivity contribution in [2.24, 2.45) is 0 Å². The molecule has 0 aliphatic heterocycles. The van der Waals surface area contributed by atoms with Crippen LogP contribution in [0.25, 0.3) is 0 Å². The van der Waals surface area contributed by atoms with E-state index in [1.54, 1.807) is 12.1 Å². The second-order valence-corrected chi connectivity index (χ2v) is 6.09. The first kappa shape index (κ1) is 14.9. The second kappa shape index (κ2) is 6.41. The van der Waals surface area contributed by atoms with Crippen LogP contribution in [0.4, 0.5) is 0 Å². The standard InChI is InChI=1S/C19H23NO2/c1-2-8-20-15-9-14-10-18(21)19(22)12-17(14)16(11-15)13-6-4-3-5-7-13/h3-7,10,12,15-16,20-22H,2,8-9,11H2,1H3/t15-,16-/m0/s1. The van der Waals surface area contributed by atoms with Crippen LogP contribution in [0.15, 0.2) is 42.5 Å². The summed E-state index contributed by atoms with van der Waals surface area (Å²) in [6.07, 6.45) is 3.02. The zero-order chi connectivity index (χ0) is 15.5. The second-order valence-electron chi connectivity index (χ2n) is 6.09. The van der Waals surface area contributed by atoms with Crippen LogP contribution >= 0.6 is 0 Å². The first-order valence-electron chi connectivity index (χ1n) is 8.02. The van der Waals surface area contributed by atoms with Crippen LogP contribution in [-0.2, 0) is 6.42 Å². The Bertz CT molecular complexity index is 639. The monoisotopic (exact) mass is 297 g/mol. The number of benzene rings is 2. The molecule has 0 unspecified atom stereocenters. The number of phenols is 2. The zero-order valence-electron chi connectivity index (χ0n) is 12.9. The SMILES string of the molecule is CCCN[C@H]1Cc2cc(O)c(O)cc2[C@H](c2ccccc2)C1. The molecule has 0 radical (unpaired) electrons. The lowest BCUT2D eigenvalue weighted by molar-refractivity contribution is 0.394. The van der Waals surface area contributed by atoms with E-state index in [0.717, 1.165) is 36.9 Å². The topological polar surface area (TPSA) is 52.5 Å². The predicted octanol–water partition coefficient (Wildman–Crippen LogP) is 3.54. The van der Waals surface area contributed by atoms with Crippen LogP contribution in [0.5, 0.6) is 11.5 Å². The number of nitrogens with one attached hydrogen (secondary N) is 1. The molecule has 0 amide bonds. The average Bonchev–Trinajstić information content (AvgIpc) is 2.54. The van der Waals surface area contributed by atoms with Crippen LogP contribution in [0.1, 0.15) is 42.4 Å². The highest BCUT2D eigenvalue weighted by molar-refractivity contribution is 5.51. The molecular weight excluding hydrogens is 274 g/mol. The summed E-state index contributed by atoms with van der Waals surface area (Å²) in [7, 11) is 0. The van der Waals surface area contributed by atoms with Gasteiger partial charge in [0.1, 0.15) is 0 Å². The van der Waals surface area contributed by atoms with Crippen molar-refractivity contribution >= 4 is 0 Å². The number of aromatic hydroxyl groups is 2. The van der Waals surface area contributed by atoms with Gasteiger partial charge in [0.2, 0.25) is 0 Å². The van der Waals surface area contributed by atoms with E-state index in [1.807, 2.05) is 6.07 Å². The van der Waals surface area contributed by atoms with Gasteiger partial charge in [0.05, 0.1) is 0 Å². The largest absolute Gasteiger partial charge is 0.504 e. The third kappa shape index (κ3) is 2.95. The van der Waals surface area contributed by atoms with Gasteiger partial charge in [-0.1, -0.05) is 37.3 Å². The van der Waals surface area contributed by atoms with E-state index in [4.69, 9.17) is 0 Å². The molecule has 3 heteroatoms. The van der Waals surface area contributed by atoms with Gasteiger partial charge in [0.15, 0.2) is 11.5 Å². The van der Waals surface area contributed by atoms with Crippen LogP contribution in [-0.4, -0.2) is 22.8 Å². The van der Waals surface area contributed by atoms with Crippen molar-refractivity contribution in [3.05, 3.63) is 59.2 Å². The Labute approximate surface area is 131 Å². The van der Waals surface area contributed by atoms with Gasteiger partial charge in [-0.25, -0.2) is 0 Å². The van der Waals surface area contributed by atoms with E-state index in [9.17, 15) is 10.2 Å². The lowest BCUT2D eigenvalue weighted by atomic mass is 9.76. The minimum absolute atomic E-state index is 0.0262. The summed E-state index contributed by atoms with van der Waals surface area (Å²) < 4.78 is 0. The first-order valence-corrected chi connectivity index (χ1v) is 8.02. The highest BCUT2D eigenvalue weighted by atomic mass is 16.3. The molecule has 0 bridgehead atoms. The minimum atomic E-state index is -0.0281. The van der Waals surface area contributed by atoms with Gasteiger partial charge in [-0.05, 0) is 54.6 Å². The molecule has 2 aromatic rings. The van der Waals surface area contributed by atoms with Gasteiger partial charge >= 0.3 is 0 Å². The summed E-state index contributed by atoms with van der Waals surface area (Å²) in [5, 5.41) is 23.3. The van der Waals surface area contributed by atoms with Crippen LogP contribution in [0.2, 0.25) is 0 Å². The lowest BCUT2D eigenvalue weighted by Crippen LogP contribution is -2.36. The fourth-order valence-electron chi connectivity index (χ4n) is 3.40. The molecule has 0 heterocycles. The molecular formula is C19H23NO2. The van der Waals surface area contributed by atoms with Gasteiger partial charge in [0.25, 0.3) is 0 Å². The Morgan fingerprint density at radius 1 is 1.09 bits per heavy atom. The molecule has 116 valence electrons. The first-order chi connectivity index (χ1) is 10.7. The summed E-state index contributed by atoms with van der Waals surface area (Å²) in [4.78, 5) is 0. The van der Waals surface area contributed by atoms with E-state index in [1.165, 1.54) is 5.56 Å². The molecule has 0 spiro atoms. The maximum Gasteiger partial charge on any atom is 0.157 e. The van der Waals surface area contributed by atoms with E-state index >= 15 is 0 Å². The van der Waals surface area contributed by atoms with Crippen LogP contribution in [0, 0.1) is 0 Å². The number of rotatable bonds is 4. The maximum absolute atomic E-state index is 9.88. The number of phenolic OH excluding ortho intramolecular Hbond substituents is 2. The third-order valence-corrected chi connectivity index (χ3v) is 4.48. The van der Waals surface area contributed by atoms with Crippen LogP contribution in [0.3, 0.4) is 0 Å². The molecule has 1 aliphatic rings. The van der Waals surface area contributed by atoms with Crippen molar-refractivity contribution in [3.63, 3.8) is 0 Å². The molecule has 0 aromatic heterocycles. The van der Waals surface area contributed by atoms with E-state index in [2.05, 4.69) is 36.5 Å². The number of hydrogen-bond acceptors (Lipinski definition) is 3. The van der Waals surface area contributed by atoms with Gasteiger partial charge in [-0.3, -0.25) is 0 Å². The summed E-state index contributed by atoms with van der Waals surface area (Å²) in [6, 6.07) is 14.3. The minimum Gasteiger partial charge on any atom is -0.504 e. The van der Waals surface area contributed by atoms with E-state index in [0.29, 0.717) is 6.04 Å². The molecule has 1 aliphatic carbocycles. The summed E-state index contributed by atoms with van der Waals surface area (Å²) in [6.45, 7) is 3.17. The molecule has 0 saturated carbocycles. The van der Waals surface area contributed by atoms with E-state index in [-0.39, 0.29) is 17.4 Å². The van der Waals surface area contributed by atoms with Crippen molar-refractivity contribution in [3.8, 4) is 11.5 Å². The number of fused-ring (bicyclic) bond motifs is 1. The maximum atomic E-state index is 9.88. The Hall–Kier alpha value is -2.00. The molecule has 0 saturated heterocycles. The highest BCUT2D eigenvalue weighted by Gasteiger charge is 2.28. The molecule has 0 fully saturated rings. The fraction of sp³-hybridized carbons (Fsp3) is 0.368. The van der Waals surface area contributed by atoms with Gasteiger partial charge in [-0.15, -0.1) is 0 Å². The van der Waals surface area contributed by atoms with Crippen LogP contribution < -0.4 is 5.32 Å². The van der Waals surface area contributed by atoms with Crippen molar-refractivity contribution in [2.75, 3.05) is 6.54 Å². The Balaban J connectivity index is 1.99. The van der Waals surface area contributed by atoms with E-state index < -0.39 is 0 Å². The van der Waals surface area contributed by atoms with Gasteiger partial charge < -0.3 is 15.5 Å². The third-order valence-electron chi connectivity index (χ3n) is 4.48. The Morgan fingerprint density at radius 2 is 1.82 bits per heavy atom. The van der Waals surface area contributed by atoms with Gasteiger partial charge in [-0.2, -0.15) is 0 Å². The summed E-state index contributed by atoms with van der Waals surface area (Å²) in [5.74, 6) is 0.201. The summed E-state index contributed by atoms with van der Waals surface area (Å²) in [5.41, 5.74) is 3.52. The average molecular weight is 297 g/mol. The van der Waals surface area contributed by atoms with Crippen molar-refractivity contribution < 1.29 is 10.2 Å². The molecule has 2 aromatic carbocycles. The normalized spacial score (nSPS) is 20.6. The quantitative estimate of drug-likeness (QED) is 0.757. The smallest absolute Gasteiger partial charge is 0.157 e. The molecule has 3 nitrogen and oxygen atoms in total. The van der Waals surface area contributed by atoms with Crippen molar-refractivity contribution in [1.29, 1.82) is 0 Å². The molecule has 2 atom stereocenters. The van der Waals surface area contributed by atoms with Crippen molar-refractivity contribution in [2.45, 2.75) is 38.1 Å². The lowest BCUT2D eigenvalue weighted by Gasteiger charge is -2.33. The molecule has 22 heavy (non-hydrogen) atoms. The Morgan fingerprint density at radius 3 is 2.55 bits per heavy atom. The Kier molecular flexibility index (Phi) is 4.34. The zero-order valence-corrected chi connectivity index (χ0v) is 12.9. The summed E-state index contributed by atoms with van der Waals surface area (Å²) >= 11 is 0. The predicted molar refractivity (Wildman–Crippen MR) is 88.5 cm³/mol. The number of hydrogen-bond donors (Lipinski definition) is 3. The molecule has 3 rings (SSSR count). The highest BCUT2D eigenvalue weighted by Crippen LogP contribution is 2.41. The fourth-order valence-corrected chi connectivity index (χ4v) is 3.40. The van der Waals surface area contributed by atoms with Gasteiger partial charge in [0, 0.05) is 12.0 Å².